The number of rotatable bonds is 7. The van der Waals surface area contributed by atoms with Gasteiger partial charge in [0.15, 0.2) is 0 Å². The molecule has 0 spiro atoms. The summed E-state index contributed by atoms with van der Waals surface area (Å²) >= 11 is 0. The predicted octanol–water partition coefficient (Wildman–Crippen LogP) is 1.44. The Labute approximate surface area is 144 Å². The van der Waals surface area contributed by atoms with Crippen molar-refractivity contribution in [2.75, 3.05) is 6.26 Å². The van der Waals surface area contributed by atoms with Crippen molar-refractivity contribution >= 4 is 10.1 Å². The normalized spacial score (nSPS) is 17.0. The Morgan fingerprint density at radius 1 is 1.36 bits per heavy atom. The van der Waals surface area contributed by atoms with Crippen LogP contribution in [0.1, 0.15) is 19.4 Å². The maximum absolute atomic E-state index is 14.3. The van der Waals surface area contributed by atoms with Crippen molar-refractivity contribution in [3.8, 4) is 0 Å². The number of aromatic nitrogens is 3. The molecular weight excluding hydrogens is 356 g/mol. The Hall–Kier alpha value is -1.91. The molecule has 0 aliphatic rings. The Bertz CT molecular complexity index is 829. The van der Waals surface area contributed by atoms with Gasteiger partial charge in [-0.2, -0.15) is 13.5 Å². The van der Waals surface area contributed by atoms with Gasteiger partial charge in [0.2, 0.25) is 0 Å². The van der Waals surface area contributed by atoms with Crippen molar-refractivity contribution in [3.05, 3.63) is 48.1 Å². The van der Waals surface area contributed by atoms with Gasteiger partial charge in [0.25, 0.3) is 10.1 Å². The molecule has 0 amide bonds. The quantitative estimate of drug-likeness (QED) is 0.736. The molecule has 1 N–H and O–H groups in total. The number of hydrogen-bond acceptors (Lipinski definition) is 6. The average molecular weight is 375 g/mol. The van der Waals surface area contributed by atoms with Crippen LogP contribution in [-0.2, 0) is 26.4 Å². The predicted molar refractivity (Wildman–Crippen MR) is 84.8 cm³/mol. The van der Waals surface area contributed by atoms with Crippen LogP contribution in [0.5, 0.6) is 0 Å². The van der Waals surface area contributed by atoms with Crippen molar-refractivity contribution in [1.82, 2.24) is 14.8 Å². The van der Waals surface area contributed by atoms with Gasteiger partial charge in [-0.3, -0.25) is 4.18 Å². The van der Waals surface area contributed by atoms with Crippen LogP contribution < -0.4 is 0 Å². The summed E-state index contributed by atoms with van der Waals surface area (Å²) in [7, 11) is -3.79. The van der Waals surface area contributed by atoms with Crippen LogP contribution in [0.25, 0.3) is 0 Å². The van der Waals surface area contributed by atoms with E-state index in [-0.39, 0.29) is 12.1 Å². The van der Waals surface area contributed by atoms with Crippen LogP contribution >= 0.6 is 0 Å². The number of nitrogens with zero attached hydrogens (tertiary/aromatic N) is 3. The van der Waals surface area contributed by atoms with Crippen molar-refractivity contribution in [2.45, 2.75) is 32.1 Å². The SMILES string of the molecule is CC(OS(C)(=O)=O)C(C)C(O)(Cn1cncn1)c1ccc(F)cc1F. The van der Waals surface area contributed by atoms with Gasteiger partial charge < -0.3 is 5.11 Å². The van der Waals surface area contributed by atoms with E-state index in [0.717, 1.165) is 18.4 Å². The summed E-state index contributed by atoms with van der Waals surface area (Å²) in [5, 5.41) is 15.1. The highest BCUT2D eigenvalue weighted by molar-refractivity contribution is 7.86. The molecule has 138 valence electrons. The fraction of sp³-hybridized carbons (Fsp3) is 0.467. The molecule has 1 aromatic carbocycles. The number of halogens is 2. The molecule has 0 radical (unpaired) electrons. The van der Waals surface area contributed by atoms with E-state index in [9.17, 15) is 22.3 Å². The van der Waals surface area contributed by atoms with Crippen LogP contribution in [0.15, 0.2) is 30.9 Å². The van der Waals surface area contributed by atoms with Crippen molar-refractivity contribution in [3.63, 3.8) is 0 Å². The molecule has 0 fully saturated rings. The summed E-state index contributed by atoms with van der Waals surface area (Å²) in [5.41, 5.74) is -2.11. The number of hydrogen-bond donors (Lipinski definition) is 1. The second kappa shape index (κ2) is 7.14. The van der Waals surface area contributed by atoms with Gasteiger partial charge in [-0.1, -0.05) is 13.0 Å². The first-order chi connectivity index (χ1) is 11.5. The summed E-state index contributed by atoms with van der Waals surface area (Å²) in [6, 6.07) is 2.78. The second-order valence-corrected chi connectivity index (χ2v) is 7.54. The van der Waals surface area contributed by atoms with E-state index < -0.39 is 39.4 Å². The molecule has 2 rings (SSSR count). The molecule has 25 heavy (non-hydrogen) atoms. The van der Waals surface area contributed by atoms with E-state index in [4.69, 9.17) is 4.18 Å². The molecule has 0 saturated carbocycles. The first-order valence-electron chi connectivity index (χ1n) is 7.41. The zero-order chi connectivity index (χ0) is 18.8. The van der Waals surface area contributed by atoms with Crippen LogP contribution in [0.4, 0.5) is 8.78 Å². The number of aliphatic hydroxyl groups is 1. The summed E-state index contributed by atoms with van der Waals surface area (Å²) in [6.07, 6.45) is 2.46. The summed E-state index contributed by atoms with van der Waals surface area (Å²) < 4.78 is 56.5. The fourth-order valence-electron chi connectivity index (χ4n) is 2.62. The molecule has 0 saturated heterocycles. The summed E-state index contributed by atoms with van der Waals surface area (Å²) in [5.74, 6) is -2.63. The van der Waals surface area contributed by atoms with Crippen molar-refractivity contribution < 1.29 is 26.5 Å². The third-order valence-electron chi connectivity index (χ3n) is 4.05. The Kier molecular flexibility index (Phi) is 5.55. The van der Waals surface area contributed by atoms with E-state index >= 15 is 0 Å². The van der Waals surface area contributed by atoms with Gasteiger partial charge in [0, 0.05) is 17.5 Å². The lowest BCUT2D eigenvalue weighted by atomic mass is 9.79. The zero-order valence-corrected chi connectivity index (χ0v) is 14.7. The van der Waals surface area contributed by atoms with E-state index in [1.54, 1.807) is 0 Å². The second-order valence-electron chi connectivity index (χ2n) is 5.94. The monoisotopic (exact) mass is 375 g/mol. The average Bonchev–Trinajstić information content (AvgIpc) is 2.97. The van der Waals surface area contributed by atoms with E-state index in [1.807, 2.05) is 0 Å². The minimum Gasteiger partial charge on any atom is -0.383 e. The molecule has 0 aliphatic carbocycles. The lowest BCUT2D eigenvalue weighted by Gasteiger charge is -2.37. The molecule has 2 aromatic rings. The Balaban J connectivity index is 2.47. The Morgan fingerprint density at radius 3 is 2.56 bits per heavy atom. The van der Waals surface area contributed by atoms with Crippen molar-refractivity contribution in [2.24, 2.45) is 5.92 Å². The van der Waals surface area contributed by atoms with Gasteiger partial charge in [-0.15, -0.1) is 0 Å². The third-order valence-corrected chi connectivity index (χ3v) is 4.70. The maximum atomic E-state index is 14.3. The molecule has 0 bridgehead atoms. The van der Waals surface area contributed by atoms with E-state index in [1.165, 1.54) is 31.2 Å². The van der Waals surface area contributed by atoms with Crippen LogP contribution in [0.3, 0.4) is 0 Å². The lowest BCUT2D eigenvalue weighted by molar-refractivity contribution is -0.0727. The highest BCUT2D eigenvalue weighted by Crippen LogP contribution is 2.36. The lowest BCUT2D eigenvalue weighted by Crippen LogP contribution is -2.45. The molecule has 3 unspecified atom stereocenters. The van der Waals surface area contributed by atoms with E-state index in [2.05, 4.69) is 10.1 Å². The Morgan fingerprint density at radius 2 is 2.04 bits per heavy atom. The van der Waals surface area contributed by atoms with E-state index in [0.29, 0.717) is 6.07 Å². The zero-order valence-electron chi connectivity index (χ0n) is 13.9. The van der Waals surface area contributed by atoms with Crippen LogP contribution in [-0.4, -0.2) is 40.6 Å². The highest BCUT2D eigenvalue weighted by Gasteiger charge is 2.42. The molecule has 3 atom stereocenters. The van der Waals surface area contributed by atoms with Crippen LogP contribution in [0.2, 0.25) is 0 Å². The minimum atomic E-state index is -3.79. The standard InChI is InChI=1S/C15H19F2N3O4S/c1-10(11(2)24-25(3,22)23)15(21,7-20-9-18-8-19-20)13-5-4-12(16)6-14(13)17/h4-6,8-11,21H,7H2,1-3H3. The fourth-order valence-corrected chi connectivity index (χ4v) is 3.34. The maximum Gasteiger partial charge on any atom is 0.264 e. The summed E-state index contributed by atoms with van der Waals surface area (Å²) in [6.45, 7) is 2.73. The van der Waals surface area contributed by atoms with Gasteiger partial charge in [0.1, 0.15) is 29.9 Å². The summed E-state index contributed by atoms with van der Waals surface area (Å²) in [4.78, 5) is 3.76. The van der Waals surface area contributed by atoms with Crippen molar-refractivity contribution in [1.29, 1.82) is 0 Å². The molecule has 7 nitrogen and oxygen atoms in total. The van der Waals surface area contributed by atoms with Gasteiger partial charge in [-0.05, 0) is 13.0 Å². The van der Waals surface area contributed by atoms with Crippen LogP contribution in [0, 0.1) is 17.6 Å². The third kappa shape index (κ3) is 4.59. The highest BCUT2D eigenvalue weighted by atomic mass is 32.2. The topological polar surface area (TPSA) is 94.3 Å². The first-order valence-corrected chi connectivity index (χ1v) is 9.23. The molecular formula is C15H19F2N3O4S. The molecule has 1 heterocycles. The molecule has 1 aromatic heterocycles. The van der Waals surface area contributed by atoms with Gasteiger partial charge in [-0.25, -0.2) is 18.4 Å². The first kappa shape index (κ1) is 19.4. The van der Waals surface area contributed by atoms with Gasteiger partial charge in [0.05, 0.1) is 18.9 Å². The van der Waals surface area contributed by atoms with Gasteiger partial charge >= 0.3 is 0 Å². The largest absolute Gasteiger partial charge is 0.383 e. The smallest absolute Gasteiger partial charge is 0.264 e. The molecule has 0 aliphatic heterocycles. The minimum absolute atomic E-state index is 0.194. The number of benzene rings is 1. The molecule has 10 heteroatoms.